The first-order chi connectivity index (χ1) is 8.75. The van der Waals surface area contributed by atoms with Crippen LogP contribution in [0.15, 0.2) is 42.6 Å². The quantitative estimate of drug-likeness (QED) is 0.798. The molecule has 1 aliphatic heterocycles. The predicted molar refractivity (Wildman–Crippen MR) is 72.9 cm³/mol. The lowest BCUT2D eigenvalue weighted by molar-refractivity contribution is 0.754. The number of pyridine rings is 1. The van der Waals surface area contributed by atoms with E-state index in [4.69, 9.17) is 17.3 Å². The normalized spacial score (nSPS) is 17.6. The lowest BCUT2D eigenvalue weighted by Gasteiger charge is -2.20. The number of nitrogens with two attached hydrogens (primary N) is 1. The molecule has 0 amide bonds. The van der Waals surface area contributed by atoms with E-state index in [1.165, 1.54) is 0 Å². The van der Waals surface area contributed by atoms with Crippen LogP contribution in [0.5, 0.6) is 0 Å². The number of hydrogen-bond donors (Lipinski definition) is 2. The van der Waals surface area contributed by atoms with Crippen LogP contribution >= 0.6 is 11.6 Å². The molecule has 3 rings (SSSR count). The van der Waals surface area contributed by atoms with Gasteiger partial charge in [-0.3, -0.25) is 4.98 Å². The summed E-state index contributed by atoms with van der Waals surface area (Å²) in [5, 5.41) is 5.84. The molecule has 1 aromatic heterocycles. The Labute approximate surface area is 110 Å². The van der Waals surface area contributed by atoms with E-state index in [1.54, 1.807) is 6.20 Å². The molecule has 4 heteroatoms. The second kappa shape index (κ2) is 4.35. The zero-order valence-corrected chi connectivity index (χ0v) is 10.4. The highest BCUT2D eigenvalue weighted by molar-refractivity contribution is 6.30. The fraction of sp³-hybridized carbons (Fsp3) is 0.0714. The third-order valence-corrected chi connectivity index (χ3v) is 3.32. The monoisotopic (exact) mass is 257 g/mol. The van der Waals surface area contributed by atoms with Gasteiger partial charge in [0, 0.05) is 21.7 Å². The van der Waals surface area contributed by atoms with Crippen molar-refractivity contribution in [1.82, 2.24) is 10.3 Å². The van der Waals surface area contributed by atoms with Gasteiger partial charge in [-0.2, -0.15) is 0 Å². The maximum absolute atomic E-state index is 6.21. The molecule has 0 spiro atoms. The van der Waals surface area contributed by atoms with E-state index in [0.717, 1.165) is 16.1 Å². The minimum absolute atomic E-state index is 0.0430. The lowest BCUT2D eigenvalue weighted by atomic mass is 10.1. The Bertz CT molecular complexity index is 695. The third-order valence-electron chi connectivity index (χ3n) is 2.99. The highest BCUT2D eigenvalue weighted by atomic mass is 35.5. The Morgan fingerprint density at radius 2 is 2.06 bits per heavy atom. The van der Waals surface area contributed by atoms with E-state index in [0.29, 0.717) is 10.8 Å². The largest absolute Gasteiger partial charge is 0.385 e. The van der Waals surface area contributed by atoms with Gasteiger partial charge in [-0.25, -0.2) is 0 Å². The number of nitrogens with one attached hydrogen (secondary N) is 1. The third kappa shape index (κ3) is 1.83. The van der Waals surface area contributed by atoms with Crippen molar-refractivity contribution in [2.24, 2.45) is 5.73 Å². The van der Waals surface area contributed by atoms with Crippen LogP contribution in [0.4, 0.5) is 0 Å². The summed E-state index contributed by atoms with van der Waals surface area (Å²) >= 11 is 6.21. The van der Waals surface area contributed by atoms with Gasteiger partial charge in [0.15, 0.2) is 0 Å². The van der Waals surface area contributed by atoms with Crippen LogP contribution in [0.3, 0.4) is 0 Å². The van der Waals surface area contributed by atoms with E-state index < -0.39 is 0 Å². The first kappa shape index (κ1) is 11.1. The topological polar surface area (TPSA) is 50.9 Å². The van der Waals surface area contributed by atoms with Crippen molar-refractivity contribution in [3.05, 3.63) is 63.7 Å². The first-order valence-electron chi connectivity index (χ1n) is 5.69. The Morgan fingerprint density at radius 3 is 2.83 bits per heavy atom. The van der Waals surface area contributed by atoms with E-state index >= 15 is 0 Å². The smallest absolute Gasteiger partial charge is 0.105 e. The van der Waals surface area contributed by atoms with Crippen molar-refractivity contribution in [3.63, 3.8) is 0 Å². The molecule has 0 saturated carbocycles. The van der Waals surface area contributed by atoms with Crippen molar-refractivity contribution in [2.45, 2.75) is 6.04 Å². The molecule has 2 heterocycles. The van der Waals surface area contributed by atoms with Crippen LogP contribution in [-0.2, 0) is 0 Å². The minimum atomic E-state index is -0.0430. The summed E-state index contributed by atoms with van der Waals surface area (Å²) in [4.78, 5) is 4.33. The van der Waals surface area contributed by atoms with Crippen molar-refractivity contribution < 1.29 is 0 Å². The van der Waals surface area contributed by atoms with Crippen molar-refractivity contribution in [3.8, 4) is 0 Å². The fourth-order valence-electron chi connectivity index (χ4n) is 2.11. The molecule has 90 valence electrons. The molecule has 1 aromatic carbocycles. The van der Waals surface area contributed by atoms with E-state index in [1.807, 2.05) is 36.4 Å². The summed E-state index contributed by atoms with van der Waals surface area (Å²) in [6.07, 6.45) is 3.82. The molecular formula is C14H12ClN3. The van der Waals surface area contributed by atoms with E-state index in [9.17, 15) is 0 Å². The molecule has 0 fully saturated rings. The summed E-state index contributed by atoms with van der Waals surface area (Å²) in [7, 11) is 0. The molecule has 1 unspecified atom stereocenters. The van der Waals surface area contributed by atoms with Gasteiger partial charge in [0.25, 0.3) is 0 Å². The van der Waals surface area contributed by atoms with Crippen LogP contribution in [0.2, 0.25) is 5.02 Å². The molecule has 1 atom stereocenters. The molecule has 1 aliphatic rings. The number of fused-ring (bicyclic) bond motifs is 1. The van der Waals surface area contributed by atoms with Gasteiger partial charge in [-0.1, -0.05) is 29.8 Å². The predicted octanol–water partition coefficient (Wildman–Crippen LogP) is 0.884. The molecule has 2 aromatic rings. The van der Waals surface area contributed by atoms with E-state index in [-0.39, 0.29) is 6.04 Å². The molecule has 0 aliphatic carbocycles. The van der Waals surface area contributed by atoms with Crippen molar-refractivity contribution in [2.75, 3.05) is 0 Å². The number of nitrogens with zero attached hydrogens (tertiary/aromatic N) is 1. The minimum Gasteiger partial charge on any atom is -0.385 e. The molecule has 3 nitrogen and oxygen atoms in total. The highest BCUT2D eigenvalue weighted by Crippen LogP contribution is 2.14. The Hall–Kier alpha value is -2.00. The zero-order valence-electron chi connectivity index (χ0n) is 9.60. The van der Waals surface area contributed by atoms with Gasteiger partial charge >= 0.3 is 0 Å². The van der Waals surface area contributed by atoms with Crippen LogP contribution in [0.25, 0.3) is 11.9 Å². The standard InChI is InChI=1S/C14H12ClN3/c15-11-5-3-4-9-10(11)8-13(18-14(9)16)12-6-1-2-7-17-12/h1-8,13,18H,16H2. The van der Waals surface area contributed by atoms with E-state index in [2.05, 4.69) is 16.4 Å². The number of benzene rings is 1. The molecule has 18 heavy (non-hydrogen) atoms. The van der Waals surface area contributed by atoms with Crippen LogP contribution in [0, 0.1) is 0 Å². The number of hydrogen-bond acceptors (Lipinski definition) is 3. The summed E-state index contributed by atoms with van der Waals surface area (Å²) in [6, 6.07) is 11.5. The SMILES string of the molecule is NC1=c2cccc(Cl)c2=CC(c2ccccn2)N1. The summed E-state index contributed by atoms with van der Waals surface area (Å²) in [6.45, 7) is 0. The van der Waals surface area contributed by atoms with Crippen LogP contribution in [-0.4, -0.2) is 4.98 Å². The zero-order chi connectivity index (χ0) is 12.5. The van der Waals surface area contributed by atoms with Gasteiger partial charge in [-0.05, 0) is 24.3 Å². The highest BCUT2D eigenvalue weighted by Gasteiger charge is 2.14. The molecule has 3 N–H and O–H groups in total. The summed E-state index contributed by atoms with van der Waals surface area (Å²) in [5.41, 5.74) is 6.96. The number of rotatable bonds is 1. The van der Waals surface area contributed by atoms with Crippen LogP contribution in [0.1, 0.15) is 11.7 Å². The maximum Gasteiger partial charge on any atom is 0.105 e. The van der Waals surface area contributed by atoms with Gasteiger partial charge in [-0.15, -0.1) is 0 Å². The Balaban J connectivity index is 2.19. The maximum atomic E-state index is 6.21. The molecular weight excluding hydrogens is 246 g/mol. The van der Waals surface area contributed by atoms with Gasteiger partial charge in [0.05, 0.1) is 11.7 Å². The molecule has 0 radical (unpaired) electrons. The average Bonchev–Trinajstić information content (AvgIpc) is 2.41. The van der Waals surface area contributed by atoms with Gasteiger partial charge < -0.3 is 11.1 Å². The van der Waals surface area contributed by atoms with Crippen molar-refractivity contribution >= 4 is 23.5 Å². The number of aromatic nitrogens is 1. The molecule has 0 saturated heterocycles. The summed E-state index contributed by atoms with van der Waals surface area (Å²) < 4.78 is 0. The Morgan fingerprint density at radius 1 is 1.17 bits per heavy atom. The lowest BCUT2D eigenvalue weighted by Crippen LogP contribution is -2.42. The fourth-order valence-corrected chi connectivity index (χ4v) is 2.35. The second-order valence-electron chi connectivity index (χ2n) is 4.16. The Kier molecular flexibility index (Phi) is 2.68. The van der Waals surface area contributed by atoms with Crippen LogP contribution < -0.4 is 21.5 Å². The molecule has 0 bridgehead atoms. The van der Waals surface area contributed by atoms with Gasteiger partial charge in [0.1, 0.15) is 5.82 Å². The van der Waals surface area contributed by atoms with Gasteiger partial charge in [0.2, 0.25) is 0 Å². The second-order valence-corrected chi connectivity index (χ2v) is 4.57. The van der Waals surface area contributed by atoms with Crippen molar-refractivity contribution in [1.29, 1.82) is 0 Å². The average molecular weight is 258 g/mol. The first-order valence-corrected chi connectivity index (χ1v) is 6.07. The number of halogens is 1. The summed E-state index contributed by atoms with van der Waals surface area (Å²) in [5.74, 6) is 0.630.